The highest BCUT2D eigenvalue weighted by Crippen LogP contribution is 2.18. The van der Waals surface area contributed by atoms with Crippen LogP contribution in [-0.2, 0) is 11.0 Å². The summed E-state index contributed by atoms with van der Waals surface area (Å²) in [7, 11) is 0.515. The third-order valence-electron chi connectivity index (χ3n) is 1.83. The first-order valence-electron chi connectivity index (χ1n) is 4.87. The van der Waals surface area contributed by atoms with E-state index in [0.717, 1.165) is 15.9 Å². The number of rotatable bonds is 2. The van der Waals surface area contributed by atoms with Crippen molar-refractivity contribution in [2.24, 2.45) is 0 Å². The number of hydrogen-bond acceptors (Lipinski definition) is 2. The van der Waals surface area contributed by atoms with Crippen LogP contribution in [-0.4, -0.2) is 11.3 Å². The summed E-state index contributed by atoms with van der Waals surface area (Å²) in [6, 6.07) is 7.37. The fourth-order valence-corrected chi connectivity index (χ4v) is 1.81. The van der Waals surface area contributed by atoms with Gasteiger partial charge in [0, 0.05) is 5.39 Å². The van der Waals surface area contributed by atoms with Crippen molar-refractivity contribution in [1.82, 2.24) is 4.72 Å². The molecule has 0 aliphatic rings. The zero-order valence-corrected chi connectivity index (χ0v) is 9.93. The van der Waals surface area contributed by atoms with Crippen LogP contribution in [0, 0.1) is 0 Å². The third kappa shape index (κ3) is 2.67. The molecule has 0 radical (unpaired) electrons. The SMILES string of the molecule is CC.CNS(=O)c1ccc2ccoc2c1. The molecule has 15 heavy (non-hydrogen) atoms. The van der Waals surface area contributed by atoms with Crippen LogP contribution >= 0.6 is 0 Å². The van der Waals surface area contributed by atoms with Crippen molar-refractivity contribution in [3.05, 3.63) is 30.5 Å². The Bertz CT molecular complexity index is 451. The van der Waals surface area contributed by atoms with Gasteiger partial charge in [-0.15, -0.1) is 0 Å². The van der Waals surface area contributed by atoms with Crippen LogP contribution in [0.5, 0.6) is 0 Å². The monoisotopic (exact) mass is 225 g/mol. The van der Waals surface area contributed by atoms with E-state index >= 15 is 0 Å². The first-order chi connectivity index (χ1) is 7.31. The maximum atomic E-state index is 11.3. The van der Waals surface area contributed by atoms with Gasteiger partial charge < -0.3 is 4.42 Å². The molecule has 1 unspecified atom stereocenters. The Labute approximate surface area is 92.1 Å². The lowest BCUT2D eigenvalue weighted by molar-refractivity contribution is 0.614. The lowest BCUT2D eigenvalue weighted by Gasteiger charge is -1.98. The lowest BCUT2D eigenvalue weighted by atomic mass is 10.3. The van der Waals surface area contributed by atoms with Crippen molar-refractivity contribution in [1.29, 1.82) is 0 Å². The highest BCUT2D eigenvalue weighted by Gasteiger charge is 2.03. The maximum absolute atomic E-state index is 11.3. The second-order valence-electron chi connectivity index (χ2n) is 2.59. The summed E-state index contributed by atoms with van der Waals surface area (Å²) < 4.78 is 19.2. The quantitative estimate of drug-likeness (QED) is 0.853. The Hall–Kier alpha value is -1.13. The molecule has 2 aromatic rings. The first-order valence-corrected chi connectivity index (χ1v) is 6.02. The average molecular weight is 225 g/mol. The summed E-state index contributed by atoms with van der Waals surface area (Å²) in [5.41, 5.74) is 0.765. The molecule has 0 saturated carbocycles. The Morgan fingerprint density at radius 3 is 2.67 bits per heavy atom. The van der Waals surface area contributed by atoms with Crippen LogP contribution in [0.15, 0.2) is 39.8 Å². The van der Waals surface area contributed by atoms with Gasteiger partial charge >= 0.3 is 0 Å². The molecule has 3 nitrogen and oxygen atoms in total. The van der Waals surface area contributed by atoms with Gasteiger partial charge in [-0.2, -0.15) is 0 Å². The molecule has 1 aromatic heterocycles. The van der Waals surface area contributed by atoms with Gasteiger partial charge in [0.05, 0.1) is 11.2 Å². The molecule has 0 spiro atoms. The lowest BCUT2D eigenvalue weighted by Crippen LogP contribution is -2.09. The molecule has 1 aromatic carbocycles. The number of fused-ring (bicyclic) bond motifs is 1. The Balaban J connectivity index is 0.000000531. The molecule has 0 bridgehead atoms. The van der Waals surface area contributed by atoms with Gasteiger partial charge in [-0.25, -0.2) is 8.93 Å². The summed E-state index contributed by atoms with van der Waals surface area (Å²) in [4.78, 5) is 0.727. The molecule has 1 atom stereocenters. The van der Waals surface area contributed by atoms with E-state index in [4.69, 9.17) is 4.42 Å². The van der Waals surface area contributed by atoms with Gasteiger partial charge in [-0.1, -0.05) is 13.8 Å². The van der Waals surface area contributed by atoms with E-state index in [1.807, 2.05) is 32.0 Å². The molecule has 82 valence electrons. The molecule has 0 saturated heterocycles. The van der Waals surface area contributed by atoms with Gasteiger partial charge in [-0.05, 0) is 31.3 Å². The van der Waals surface area contributed by atoms with E-state index in [0.29, 0.717) is 0 Å². The fraction of sp³-hybridized carbons (Fsp3) is 0.273. The molecule has 2 rings (SSSR count). The minimum absolute atomic E-state index is 0.727. The van der Waals surface area contributed by atoms with Gasteiger partial charge in [0.1, 0.15) is 16.6 Å². The van der Waals surface area contributed by atoms with Crippen LogP contribution in [0.3, 0.4) is 0 Å². The number of hydrogen-bond donors (Lipinski definition) is 1. The topological polar surface area (TPSA) is 42.2 Å². The van der Waals surface area contributed by atoms with Crippen molar-refractivity contribution < 1.29 is 8.63 Å². The van der Waals surface area contributed by atoms with Crippen molar-refractivity contribution in [3.63, 3.8) is 0 Å². The van der Waals surface area contributed by atoms with Gasteiger partial charge in [0.25, 0.3) is 0 Å². The van der Waals surface area contributed by atoms with Crippen molar-refractivity contribution in [2.75, 3.05) is 7.05 Å². The largest absolute Gasteiger partial charge is 0.464 e. The van der Waals surface area contributed by atoms with Gasteiger partial charge in [0.15, 0.2) is 0 Å². The minimum Gasteiger partial charge on any atom is -0.464 e. The second-order valence-corrected chi connectivity index (χ2v) is 4.01. The summed E-state index contributed by atoms with van der Waals surface area (Å²) in [6.45, 7) is 4.00. The van der Waals surface area contributed by atoms with E-state index in [2.05, 4.69) is 4.72 Å². The summed E-state index contributed by atoms with van der Waals surface area (Å²) in [5.74, 6) is 0. The molecule has 0 amide bonds. The molecule has 1 heterocycles. The van der Waals surface area contributed by atoms with Crippen LogP contribution in [0.25, 0.3) is 11.0 Å². The standard InChI is InChI=1S/C9H9NO2S.C2H6/c1-10-13(11)8-3-2-7-4-5-12-9(7)6-8;1-2/h2-6,10H,1H3;1-2H3. The normalized spacial score (nSPS) is 11.9. The van der Waals surface area contributed by atoms with E-state index in [9.17, 15) is 4.21 Å². The predicted octanol–water partition coefficient (Wildman–Crippen LogP) is 2.70. The summed E-state index contributed by atoms with van der Waals surface area (Å²) in [5, 5.41) is 1.02. The second kappa shape index (κ2) is 5.68. The molecule has 0 fully saturated rings. The molecule has 0 aliphatic carbocycles. The molecule has 4 heteroatoms. The molecular weight excluding hydrogens is 210 g/mol. The van der Waals surface area contributed by atoms with Crippen LogP contribution in [0.1, 0.15) is 13.8 Å². The Morgan fingerprint density at radius 2 is 2.00 bits per heavy atom. The fourth-order valence-electron chi connectivity index (χ4n) is 1.17. The van der Waals surface area contributed by atoms with E-state index < -0.39 is 11.0 Å². The number of nitrogens with one attached hydrogen (secondary N) is 1. The molecule has 1 N–H and O–H groups in total. The summed E-state index contributed by atoms with van der Waals surface area (Å²) in [6.07, 6.45) is 1.62. The van der Waals surface area contributed by atoms with E-state index in [1.54, 1.807) is 19.4 Å². The van der Waals surface area contributed by atoms with Crippen LogP contribution in [0.4, 0.5) is 0 Å². The minimum atomic E-state index is -1.14. The van der Waals surface area contributed by atoms with Gasteiger partial charge in [-0.3, -0.25) is 0 Å². The van der Waals surface area contributed by atoms with Crippen molar-refractivity contribution >= 4 is 22.0 Å². The van der Waals surface area contributed by atoms with Crippen molar-refractivity contribution in [2.45, 2.75) is 18.7 Å². The predicted molar refractivity (Wildman–Crippen MR) is 63.0 cm³/mol. The molecular formula is C11H15NO2S. The van der Waals surface area contributed by atoms with Crippen molar-refractivity contribution in [3.8, 4) is 0 Å². The number of furan rings is 1. The maximum Gasteiger partial charge on any atom is 0.135 e. The Morgan fingerprint density at radius 1 is 1.27 bits per heavy atom. The molecule has 0 aliphatic heterocycles. The van der Waals surface area contributed by atoms with Gasteiger partial charge in [0.2, 0.25) is 0 Å². The summed E-state index contributed by atoms with van der Waals surface area (Å²) >= 11 is 0. The Kier molecular flexibility index (Phi) is 4.52. The average Bonchev–Trinajstić information content (AvgIpc) is 2.77. The highest BCUT2D eigenvalue weighted by molar-refractivity contribution is 7.83. The van der Waals surface area contributed by atoms with E-state index in [-0.39, 0.29) is 0 Å². The van der Waals surface area contributed by atoms with E-state index in [1.165, 1.54) is 0 Å². The third-order valence-corrected chi connectivity index (χ3v) is 2.88. The highest BCUT2D eigenvalue weighted by atomic mass is 32.2. The smallest absolute Gasteiger partial charge is 0.135 e. The first kappa shape index (κ1) is 11.9. The number of benzene rings is 1. The zero-order valence-electron chi connectivity index (χ0n) is 9.11. The zero-order chi connectivity index (χ0) is 11.3. The van der Waals surface area contributed by atoms with Crippen LogP contribution < -0.4 is 4.72 Å². The van der Waals surface area contributed by atoms with Crippen LogP contribution in [0.2, 0.25) is 0 Å².